The molecule has 5 aromatic rings. The number of aryl methyl sites for hydroxylation is 1. The standard InChI is InChI=1S/C25H16B3F4N7O2S/c1-39-8-15(24(30,31)32)37-21(39)18-13(29)6-11(7-33-18)9-40-23-19-14(4-5-42-19)36-20(38-23)16-17(12-2-3-12)34-10-35-22(16)41-25(26,27)28/h4-8,10,12H,2-3,9H2,1H3. The van der Waals surface area contributed by atoms with Gasteiger partial charge in [0.2, 0.25) is 11.8 Å². The quantitative estimate of drug-likeness (QED) is 0.198. The van der Waals surface area contributed by atoms with Gasteiger partial charge in [0.1, 0.15) is 52.4 Å². The number of hydrogen-bond donors (Lipinski definition) is 0. The number of imidazole rings is 1. The summed E-state index contributed by atoms with van der Waals surface area (Å²) in [6, 6.07) is 2.89. The van der Waals surface area contributed by atoms with E-state index in [2.05, 4.69) is 29.9 Å². The fourth-order valence-corrected chi connectivity index (χ4v) is 5.02. The minimum atomic E-state index is -4.68. The third-order valence-corrected chi connectivity index (χ3v) is 7.12. The van der Waals surface area contributed by atoms with E-state index in [0.29, 0.717) is 27.0 Å². The highest BCUT2D eigenvalue weighted by atomic mass is 32.1. The van der Waals surface area contributed by atoms with E-state index in [4.69, 9.17) is 33.0 Å². The molecule has 0 spiro atoms. The summed E-state index contributed by atoms with van der Waals surface area (Å²) in [6.07, 6.45) is 0.500. The predicted octanol–water partition coefficient (Wildman–Crippen LogP) is 4.05. The maximum atomic E-state index is 15.0. The Labute approximate surface area is 244 Å². The normalized spacial score (nSPS) is 13.9. The number of alkyl halides is 3. The van der Waals surface area contributed by atoms with E-state index in [1.807, 2.05) is 0 Å². The molecule has 0 bridgehead atoms. The first kappa shape index (κ1) is 28.1. The molecule has 6 radical (unpaired) electrons. The van der Waals surface area contributed by atoms with Gasteiger partial charge >= 0.3 is 6.18 Å². The SMILES string of the molecule is [B]C([B])([B])Oc1ncnc(C2CC2)c1-c1nc(OCc2cnc(-c3nc(C(F)(F)F)cn3C)c(F)c2)c2sccc2n1. The van der Waals surface area contributed by atoms with Crippen LogP contribution in [-0.4, -0.2) is 63.3 Å². The van der Waals surface area contributed by atoms with Crippen LogP contribution in [-0.2, 0) is 19.8 Å². The first-order valence-electron chi connectivity index (χ1n) is 12.4. The Morgan fingerprint density at radius 3 is 2.52 bits per heavy atom. The highest BCUT2D eigenvalue weighted by Gasteiger charge is 2.35. The van der Waals surface area contributed by atoms with Gasteiger partial charge in [-0.15, -0.1) is 11.3 Å². The molecule has 206 valence electrons. The molecule has 0 aromatic carbocycles. The topological polar surface area (TPSA) is 101 Å². The Bertz CT molecular complexity index is 1810. The molecule has 0 atom stereocenters. The average molecular weight is 587 g/mol. The van der Waals surface area contributed by atoms with Crippen molar-refractivity contribution in [2.24, 2.45) is 7.05 Å². The predicted molar refractivity (Wildman–Crippen MR) is 147 cm³/mol. The van der Waals surface area contributed by atoms with Crippen LogP contribution in [0.5, 0.6) is 11.8 Å². The van der Waals surface area contributed by atoms with Gasteiger partial charge in [-0.1, -0.05) is 0 Å². The second kappa shape index (κ2) is 10.4. The van der Waals surface area contributed by atoms with E-state index < -0.39 is 23.0 Å². The first-order valence-corrected chi connectivity index (χ1v) is 13.3. The monoisotopic (exact) mass is 587 g/mol. The first-order chi connectivity index (χ1) is 19.9. The van der Waals surface area contributed by atoms with Gasteiger partial charge in [-0.25, -0.2) is 29.3 Å². The number of halogens is 4. The number of nitrogens with zero attached hydrogens (tertiary/aromatic N) is 7. The van der Waals surface area contributed by atoms with Gasteiger partial charge in [0.15, 0.2) is 23.2 Å². The Morgan fingerprint density at radius 1 is 1.07 bits per heavy atom. The minimum Gasteiger partial charge on any atom is -0.500 e. The molecule has 0 aliphatic heterocycles. The van der Waals surface area contributed by atoms with E-state index in [-0.39, 0.29) is 41.6 Å². The number of pyridine rings is 1. The van der Waals surface area contributed by atoms with E-state index in [9.17, 15) is 13.2 Å². The molecular formula is C25H16B3F4N7O2S. The summed E-state index contributed by atoms with van der Waals surface area (Å²) in [4.78, 5) is 25.3. The van der Waals surface area contributed by atoms with Crippen molar-refractivity contribution in [1.29, 1.82) is 0 Å². The molecule has 0 saturated heterocycles. The summed E-state index contributed by atoms with van der Waals surface area (Å²) in [5.74, 6) is -0.618. The lowest BCUT2D eigenvalue weighted by Crippen LogP contribution is -2.38. The molecule has 1 fully saturated rings. The lowest BCUT2D eigenvalue weighted by Gasteiger charge is -2.24. The maximum absolute atomic E-state index is 15.0. The van der Waals surface area contributed by atoms with Crippen molar-refractivity contribution < 1.29 is 27.0 Å². The van der Waals surface area contributed by atoms with Crippen molar-refractivity contribution in [3.63, 3.8) is 0 Å². The molecule has 9 nitrogen and oxygen atoms in total. The summed E-state index contributed by atoms with van der Waals surface area (Å²) in [5.41, 5.74) is 0.401. The van der Waals surface area contributed by atoms with Gasteiger partial charge in [0.25, 0.3) is 0 Å². The molecule has 5 heterocycles. The van der Waals surface area contributed by atoms with Crippen LogP contribution in [0.15, 0.2) is 36.2 Å². The van der Waals surface area contributed by atoms with Crippen LogP contribution in [0.4, 0.5) is 17.6 Å². The van der Waals surface area contributed by atoms with Crippen LogP contribution in [0.1, 0.15) is 35.7 Å². The lowest BCUT2D eigenvalue weighted by molar-refractivity contribution is -0.140. The van der Waals surface area contributed by atoms with E-state index in [0.717, 1.165) is 29.7 Å². The number of hydrogen-bond acceptors (Lipinski definition) is 9. The fourth-order valence-electron chi connectivity index (χ4n) is 4.25. The summed E-state index contributed by atoms with van der Waals surface area (Å²) in [7, 11) is 18.4. The van der Waals surface area contributed by atoms with E-state index in [1.165, 1.54) is 30.9 Å². The Balaban J connectivity index is 1.32. The summed E-state index contributed by atoms with van der Waals surface area (Å²) >= 11 is 1.33. The Morgan fingerprint density at radius 2 is 1.86 bits per heavy atom. The third kappa shape index (κ3) is 5.69. The van der Waals surface area contributed by atoms with Gasteiger partial charge in [-0.3, -0.25) is 0 Å². The van der Waals surface area contributed by atoms with Crippen LogP contribution in [0.25, 0.3) is 33.1 Å². The molecule has 0 unspecified atom stereocenters. The maximum Gasteiger partial charge on any atom is 0.434 e. The van der Waals surface area contributed by atoms with Crippen molar-refractivity contribution in [2.45, 2.75) is 36.8 Å². The minimum absolute atomic E-state index is 0.00440. The van der Waals surface area contributed by atoms with Crippen molar-refractivity contribution in [1.82, 2.24) is 34.5 Å². The van der Waals surface area contributed by atoms with Crippen molar-refractivity contribution in [2.75, 3.05) is 0 Å². The van der Waals surface area contributed by atoms with Gasteiger partial charge in [-0.05, 0) is 35.7 Å². The summed E-state index contributed by atoms with van der Waals surface area (Å²) < 4.78 is 67.4. The molecule has 17 heteroatoms. The molecule has 1 aliphatic rings. The average Bonchev–Trinajstić information content (AvgIpc) is 3.51. The van der Waals surface area contributed by atoms with Crippen LogP contribution in [0.3, 0.4) is 0 Å². The van der Waals surface area contributed by atoms with Gasteiger partial charge in [-0.2, -0.15) is 18.2 Å². The number of rotatable bonds is 8. The van der Waals surface area contributed by atoms with Crippen LogP contribution < -0.4 is 9.47 Å². The molecular weight excluding hydrogens is 571 g/mol. The van der Waals surface area contributed by atoms with E-state index >= 15 is 4.39 Å². The third-order valence-electron chi connectivity index (χ3n) is 6.23. The fraction of sp³-hybridized carbons (Fsp3) is 0.280. The Kier molecular flexibility index (Phi) is 6.94. The zero-order valence-corrected chi connectivity index (χ0v) is 22.6. The smallest absolute Gasteiger partial charge is 0.434 e. The van der Waals surface area contributed by atoms with Crippen LogP contribution in [0.2, 0.25) is 0 Å². The summed E-state index contributed by atoms with van der Waals surface area (Å²) in [5, 5.41) is -0.221. The van der Waals surface area contributed by atoms with Crippen LogP contribution >= 0.6 is 11.3 Å². The van der Waals surface area contributed by atoms with E-state index in [1.54, 1.807) is 11.4 Å². The highest BCUT2D eigenvalue weighted by Crippen LogP contribution is 2.46. The highest BCUT2D eigenvalue weighted by molar-refractivity contribution is 7.17. The molecule has 1 saturated carbocycles. The molecule has 42 heavy (non-hydrogen) atoms. The van der Waals surface area contributed by atoms with Crippen molar-refractivity contribution >= 4 is 45.1 Å². The van der Waals surface area contributed by atoms with Crippen molar-refractivity contribution in [3.05, 3.63) is 59.0 Å². The second-order valence-corrected chi connectivity index (χ2v) is 10.6. The molecule has 0 N–H and O–H groups in total. The van der Waals surface area contributed by atoms with Crippen LogP contribution in [0, 0.1) is 5.82 Å². The zero-order chi connectivity index (χ0) is 29.8. The Hall–Kier alpha value is -4.01. The van der Waals surface area contributed by atoms with Gasteiger partial charge in [0, 0.05) is 30.9 Å². The number of aromatic nitrogens is 7. The molecule has 5 aromatic heterocycles. The molecule has 0 amide bonds. The van der Waals surface area contributed by atoms with Crippen molar-refractivity contribution in [3.8, 4) is 34.7 Å². The molecule has 1 aliphatic carbocycles. The number of fused-ring (bicyclic) bond motifs is 1. The van der Waals surface area contributed by atoms with Gasteiger partial charge < -0.3 is 14.0 Å². The molecule has 6 rings (SSSR count). The number of thiophene rings is 1. The lowest BCUT2D eigenvalue weighted by atomic mass is 9.52. The summed E-state index contributed by atoms with van der Waals surface area (Å²) in [6.45, 7) is -0.163. The van der Waals surface area contributed by atoms with Gasteiger partial charge in [0.05, 0.1) is 11.2 Å². The number of ether oxygens (including phenoxy) is 2. The second-order valence-electron chi connectivity index (χ2n) is 9.68. The zero-order valence-electron chi connectivity index (χ0n) is 21.8. The largest absolute Gasteiger partial charge is 0.500 e.